The third-order valence-electron chi connectivity index (χ3n) is 3.38. The lowest BCUT2D eigenvalue weighted by molar-refractivity contribution is -0.123. The fourth-order valence-electron chi connectivity index (χ4n) is 1.94. The van der Waals surface area contributed by atoms with Crippen molar-refractivity contribution in [3.05, 3.63) is 59.7 Å². The smallest absolute Gasteiger partial charge is 0.277 e. The maximum absolute atomic E-state index is 11.8. The molecule has 0 aliphatic heterocycles. The summed E-state index contributed by atoms with van der Waals surface area (Å²) in [5.41, 5.74) is 11.6. The van der Waals surface area contributed by atoms with Crippen LogP contribution in [0.1, 0.15) is 25.0 Å². The minimum Gasteiger partial charge on any atom is -0.484 e. The molecule has 2 aromatic carbocycles. The number of benzene rings is 2. The van der Waals surface area contributed by atoms with Crippen LogP contribution in [0.4, 0.5) is 5.69 Å². The number of carbonyl (C=O) groups is 1. The van der Waals surface area contributed by atoms with Crippen LogP contribution in [0, 0.1) is 0 Å². The van der Waals surface area contributed by atoms with Gasteiger partial charge in [0.2, 0.25) is 0 Å². The fourth-order valence-corrected chi connectivity index (χ4v) is 1.94. The predicted octanol–water partition coefficient (Wildman–Crippen LogP) is 2.75. The van der Waals surface area contributed by atoms with Crippen LogP contribution in [0.2, 0.25) is 0 Å². The summed E-state index contributed by atoms with van der Waals surface area (Å²) in [5.74, 6) is 0.357. The maximum atomic E-state index is 11.8. The lowest BCUT2D eigenvalue weighted by atomic mass is 10.1. The quantitative estimate of drug-likeness (QED) is 0.489. The molecule has 1 amide bonds. The van der Waals surface area contributed by atoms with E-state index in [2.05, 4.69) is 17.5 Å². The second-order valence-corrected chi connectivity index (χ2v) is 5.14. The van der Waals surface area contributed by atoms with Crippen LogP contribution >= 0.6 is 0 Å². The van der Waals surface area contributed by atoms with Crippen LogP contribution in [-0.4, -0.2) is 18.2 Å². The van der Waals surface area contributed by atoms with E-state index in [1.807, 2.05) is 43.3 Å². The molecule has 0 spiro atoms. The zero-order valence-corrected chi connectivity index (χ0v) is 13.4. The van der Waals surface area contributed by atoms with Crippen LogP contribution in [-0.2, 0) is 11.2 Å². The van der Waals surface area contributed by atoms with Crippen molar-refractivity contribution in [1.82, 2.24) is 5.43 Å². The van der Waals surface area contributed by atoms with Crippen molar-refractivity contribution in [2.75, 3.05) is 12.3 Å². The third-order valence-corrected chi connectivity index (χ3v) is 3.38. The number of amides is 1. The van der Waals surface area contributed by atoms with Crippen molar-refractivity contribution >= 4 is 17.3 Å². The summed E-state index contributed by atoms with van der Waals surface area (Å²) < 4.78 is 5.42. The molecule has 0 fully saturated rings. The molecule has 0 radical (unpaired) electrons. The fraction of sp³-hybridized carbons (Fsp3) is 0.222. The zero-order chi connectivity index (χ0) is 16.7. The Hall–Kier alpha value is -2.82. The monoisotopic (exact) mass is 311 g/mol. The summed E-state index contributed by atoms with van der Waals surface area (Å²) >= 11 is 0. The molecule has 5 nitrogen and oxygen atoms in total. The van der Waals surface area contributed by atoms with E-state index in [9.17, 15) is 4.79 Å². The van der Waals surface area contributed by atoms with Crippen molar-refractivity contribution in [2.24, 2.45) is 5.10 Å². The van der Waals surface area contributed by atoms with E-state index in [-0.39, 0.29) is 12.5 Å². The van der Waals surface area contributed by atoms with Gasteiger partial charge in [0.1, 0.15) is 5.75 Å². The van der Waals surface area contributed by atoms with Gasteiger partial charge in [-0.05, 0) is 48.7 Å². The Morgan fingerprint density at radius 3 is 2.39 bits per heavy atom. The third kappa shape index (κ3) is 5.14. The van der Waals surface area contributed by atoms with Gasteiger partial charge in [-0.15, -0.1) is 0 Å². The van der Waals surface area contributed by atoms with Gasteiger partial charge < -0.3 is 10.5 Å². The molecule has 0 saturated heterocycles. The molecular weight excluding hydrogens is 290 g/mol. The van der Waals surface area contributed by atoms with Gasteiger partial charge in [-0.1, -0.05) is 31.2 Å². The number of aryl methyl sites for hydroxylation is 1. The van der Waals surface area contributed by atoms with Crippen molar-refractivity contribution in [1.29, 1.82) is 0 Å². The highest BCUT2D eigenvalue weighted by Gasteiger charge is 2.03. The topological polar surface area (TPSA) is 76.7 Å². The minimum absolute atomic E-state index is 0.0794. The molecule has 5 heteroatoms. The molecule has 2 aromatic rings. The number of nitrogens with zero attached hydrogens (tertiary/aromatic N) is 1. The molecule has 0 unspecified atom stereocenters. The second-order valence-electron chi connectivity index (χ2n) is 5.14. The van der Waals surface area contributed by atoms with Gasteiger partial charge in [0, 0.05) is 5.69 Å². The van der Waals surface area contributed by atoms with Crippen molar-refractivity contribution in [3.8, 4) is 5.75 Å². The van der Waals surface area contributed by atoms with E-state index >= 15 is 0 Å². The molecule has 120 valence electrons. The first-order valence-corrected chi connectivity index (χ1v) is 7.49. The van der Waals surface area contributed by atoms with E-state index in [1.165, 1.54) is 5.56 Å². The van der Waals surface area contributed by atoms with Gasteiger partial charge in [0.15, 0.2) is 6.61 Å². The molecule has 23 heavy (non-hydrogen) atoms. The number of carbonyl (C=O) groups excluding carboxylic acids is 1. The van der Waals surface area contributed by atoms with Gasteiger partial charge in [0.25, 0.3) is 5.91 Å². The van der Waals surface area contributed by atoms with Crippen LogP contribution in [0.25, 0.3) is 0 Å². The number of hydrogen-bond donors (Lipinski definition) is 2. The minimum atomic E-state index is -0.306. The average Bonchev–Trinajstić information content (AvgIpc) is 2.59. The van der Waals surface area contributed by atoms with Gasteiger partial charge in [0.05, 0.1) is 5.71 Å². The summed E-state index contributed by atoms with van der Waals surface area (Å²) in [4.78, 5) is 11.8. The standard InChI is InChI=1S/C18H21N3O2/c1-3-14-4-10-17(11-5-14)23-12-18(22)21-20-13(2)15-6-8-16(19)9-7-15/h4-11H,3,12,19H2,1-2H3,(H,21,22). The largest absolute Gasteiger partial charge is 0.484 e. The first-order valence-electron chi connectivity index (χ1n) is 7.49. The van der Waals surface area contributed by atoms with Crippen LogP contribution < -0.4 is 15.9 Å². The molecule has 0 aliphatic rings. The Balaban J connectivity index is 1.84. The van der Waals surface area contributed by atoms with Crippen molar-refractivity contribution in [3.63, 3.8) is 0 Å². The molecule has 0 atom stereocenters. The average molecular weight is 311 g/mol. The van der Waals surface area contributed by atoms with E-state index in [0.29, 0.717) is 17.1 Å². The molecule has 0 aromatic heterocycles. The Kier molecular flexibility index (Phi) is 5.74. The first kappa shape index (κ1) is 16.5. The summed E-state index contributed by atoms with van der Waals surface area (Å²) in [5, 5.41) is 4.06. The number of anilines is 1. The van der Waals surface area contributed by atoms with Gasteiger partial charge in [-0.3, -0.25) is 4.79 Å². The lowest BCUT2D eigenvalue weighted by Gasteiger charge is -2.06. The maximum Gasteiger partial charge on any atom is 0.277 e. The number of hydrogen-bond acceptors (Lipinski definition) is 4. The van der Waals surface area contributed by atoms with E-state index < -0.39 is 0 Å². The molecule has 2 rings (SSSR count). The molecule has 0 aliphatic carbocycles. The van der Waals surface area contributed by atoms with Gasteiger partial charge >= 0.3 is 0 Å². The summed E-state index contributed by atoms with van der Waals surface area (Å²) in [7, 11) is 0. The summed E-state index contributed by atoms with van der Waals surface area (Å²) in [6.07, 6.45) is 0.972. The number of nitrogen functional groups attached to an aromatic ring is 1. The Morgan fingerprint density at radius 2 is 1.78 bits per heavy atom. The van der Waals surface area contributed by atoms with Crippen LogP contribution in [0.3, 0.4) is 0 Å². The number of rotatable bonds is 6. The molecule has 0 heterocycles. The highest BCUT2D eigenvalue weighted by molar-refractivity contribution is 5.99. The highest BCUT2D eigenvalue weighted by Crippen LogP contribution is 2.12. The molecule has 3 N–H and O–H groups in total. The molecule has 0 bridgehead atoms. The van der Waals surface area contributed by atoms with E-state index in [1.54, 1.807) is 12.1 Å². The Morgan fingerprint density at radius 1 is 1.13 bits per heavy atom. The zero-order valence-electron chi connectivity index (χ0n) is 13.4. The summed E-state index contributed by atoms with van der Waals surface area (Å²) in [6.45, 7) is 3.82. The van der Waals surface area contributed by atoms with Crippen molar-refractivity contribution < 1.29 is 9.53 Å². The number of nitrogens with one attached hydrogen (secondary N) is 1. The Bertz CT molecular complexity index is 676. The van der Waals surface area contributed by atoms with Crippen LogP contribution in [0.15, 0.2) is 53.6 Å². The lowest BCUT2D eigenvalue weighted by Crippen LogP contribution is -2.25. The SMILES string of the molecule is CCc1ccc(OCC(=O)NN=C(C)c2ccc(N)cc2)cc1. The van der Waals surface area contributed by atoms with E-state index in [4.69, 9.17) is 10.5 Å². The van der Waals surface area contributed by atoms with Crippen LogP contribution in [0.5, 0.6) is 5.75 Å². The highest BCUT2D eigenvalue weighted by atomic mass is 16.5. The normalized spacial score (nSPS) is 11.1. The first-order chi connectivity index (χ1) is 11.1. The second kappa shape index (κ2) is 7.98. The number of ether oxygens (including phenoxy) is 1. The van der Waals surface area contributed by atoms with E-state index in [0.717, 1.165) is 12.0 Å². The predicted molar refractivity (Wildman–Crippen MR) is 92.5 cm³/mol. The molecular formula is C18H21N3O2. The molecule has 0 saturated carbocycles. The number of nitrogens with two attached hydrogens (primary N) is 1. The summed E-state index contributed by atoms with van der Waals surface area (Å²) in [6, 6.07) is 15.0. The van der Waals surface area contributed by atoms with Gasteiger partial charge in [-0.2, -0.15) is 5.10 Å². The van der Waals surface area contributed by atoms with Crippen molar-refractivity contribution in [2.45, 2.75) is 20.3 Å². The van der Waals surface area contributed by atoms with Gasteiger partial charge in [-0.25, -0.2) is 5.43 Å². The Labute approximate surface area is 136 Å². The number of hydrazone groups is 1.